The first kappa shape index (κ1) is 16.0. The number of amides is 1. The number of ether oxygens (including phenoxy) is 1. The number of benzene rings is 1. The van der Waals surface area contributed by atoms with Crippen molar-refractivity contribution in [2.45, 2.75) is 39.3 Å². The zero-order chi connectivity index (χ0) is 14.4. The van der Waals surface area contributed by atoms with E-state index in [4.69, 9.17) is 10.5 Å². The molecule has 0 bridgehead atoms. The molecule has 0 aromatic heterocycles. The first-order valence-electron chi connectivity index (χ1n) is 6.34. The molecule has 0 aliphatic carbocycles. The topological polar surface area (TPSA) is 64.3 Å². The van der Waals surface area contributed by atoms with Crippen molar-refractivity contribution in [1.82, 2.24) is 5.32 Å². The molecular formula is C14H21BrN2O2. The SMILES string of the molecule is CC(N)Cc1cc(OCC(=O)NC(C)C)ccc1Br. The molecule has 1 atom stereocenters. The molecule has 0 spiro atoms. The molecule has 0 radical (unpaired) electrons. The largest absolute Gasteiger partial charge is 0.484 e. The first-order chi connectivity index (χ1) is 8.88. The molecule has 0 aliphatic heterocycles. The Hall–Kier alpha value is -1.07. The fourth-order valence-electron chi connectivity index (χ4n) is 1.66. The van der Waals surface area contributed by atoms with Gasteiger partial charge in [-0.1, -0.05) is 15.9 Å². The minimum Gasteiger partial charge on any atom is -0.484 e. The summed E-state index contributed by atoms with van der Waals surface area (Å²) in [5.74, 6) is 0.560. The second kappa shape index (κ2) is 7.50. The Bertz CT molecular complexity index is 433. The fourth-order valence-corrected chi connectivity index (χ4v) is 2.07. The van der Waals surface area contributed by atoms with E-state index < -0.39 is 0 Å². The van der Waals surface area contributed by atoms with Gasteiger partial charge in [0.1, 0.15) is 5.75 Å². The summed E-state index contributed by atoms with van der Waals surface area (Å²) in [6.07, 6.45) is 0.760. The molecule has 1 aromatic carbocycles. The maximum absolute atomic E-state index is 11.5. The average molecular weight is 329 g/mol. The smallest absolute Gasteiger partial charge is 0.258 e. The molecule has 0 aliphatic rings. The van der Waals surface area contributed by atoms with Crippen molar-refractivity contribution in [1.29, 1.82) is 0 Å². The predicted molar refractivity (Wildman–Crippen MR) is 80.3 cm³/mol. The minimum atomic E-state index is -0.119. The number of halogens is 1. The Morgan fingerprint density at radius 2 is 2.11 bits per heavy atom. The van der Waals surface area contributed by atoms with E-state index in [0.29, 0.717) is 5.75 Å². The highest BCUT2D eigenvalue weighted by Crippen LogP contribution is 2.23. The maximum Gasteiger partial charge on any atom is 0.258 e. The summed E-state index contributed by atoms with van der Waals surface area (Å²) in [6.45, 7) is 5.81. The number of carbonyl (C=O) groups is 1. The lowest BCUT2D eigenvalue weighted by atomic mass is 10.1. The number of nitrogens with two attached hydrogens (primary N) is 1. The van der Waals surface area contributed by atoms with E-state index in [-0.39, 0.29) is 24.6 Å². The molecule has 106 valence electrons. The van der Waals surface area contributed by atoms with Crippen LogP contribution in [0.1, 0.15) is 26.3 Å². The van der Waals surface area contributed by atoms with Crippen molar-refractivity contribution in [3.63, 3.8) is 0 Å². The van der Waals surface area contributed by atoms with E-state index >= 15 is 0 Å². The van der Waals surface area contributed by atoms with Crippen LogP contribution < -0.4 is 15.8 Å². The Morgan fingerprint density at radius 1 is 1.42 bits per heavy atom. The first-order valence-corrected chi connectivity index (χ1v) is 7.14. The Balaban J connectivity index is 2.61. The van der Waals surface area contributed by atoms with E-state index in [9.17, 15) is 4.79 Å². The highest BCUT2D eigenvalue weighted by atomic mass is 79.9. The van der Waals surface area contributed by atoms with Crippen LogP contribution in [0.4, 0.5) is 0 Å². The average Bonchev–Trinajstić information content (AvgIpc) is 2.28. The van der Waals surface area contributed by atoms with Crippen molar-refractivity contribution in [2.75, 3.05) is 6.61 Å². The number of hydrogen-bond donors (Lipinski definition) is 2. The molecule has 4 nitrogen and oxygen atoms in total. The van der Waals surface area contributed by atoms with Crippen LogP contribution in [0.5, 0.6) is 5.75 Å². The molecule has 1 unspecified atom stereocenters. The molecule has 0 fully saturated rings. The van der Waals surface area contributed by atoms with Crippen LogP contribution in [-0.4, -0.2) is 24.6 Å². The summed E-state index contributed by atoms with van der Waals surface area (Å²) in [5, 5.41) is 2.78. The second-order valence-corrected chi connectivity index (χ2v) is 5.80. The van der Waals surface area contributed by atoms with Gasteiger partial charge in [0.25, 0.3) is 5.91 Å². The van der Waals surface area contributed by atoms with Gasteiger partial charge in [0.05, 0.1) is 0 Å². The van der Waals surface area contributed by atoms with Crippen molar-refractivity contribution >= 4 is 21.8 Å². The van der Waals surface area contributed by atoms with Gasteiger partial charge in [-0.3, -0.25) is 4.79 Å². The van der Waals surface area contributed by atoms with E-state index in [2.05, 4.69) is 21.2 Å². The van der Waals surface area contributed by atoms with E-state index in [0.717, 1.165) is 16.5 Å². The standard InChI is InChI=1S/C14H21BrN2O2/c1-9(2)17-14(18)8-19-12-4-5-13(15)11(7-12)6-10(3)16/h4-5,7,9-10H,6,8,16H2,1-3H3,(H,17,18). The third-order valence-electron chi connectivity index (χ3n) is 2.38. The van der Waals surface area contributed by atoms with Crippen molar-refractivity contribution in [2.24, 2.45) is 5.73 Å². The van der Waals surface area contributed by atoms with Gasteiger partial charge in [-0.05, 0) is 51.0 Å². The Labute approximate surface area is 122 Å². The monoisotopic (exact) mass is 328 g/mol. The van der Waals surface area contributed by atoms with Crippen molar-refractivity contribution in [3.8, 4) is 5.75 Å². The summed E-state index contributed by atoms with van der Waals surface area (Å²) in [5.41, 5.74) is 6.87. The molecule has 3 N–H and O–H groups in total. The summed E-state index contributed by atoms with van der Waals surface area (Å²) < 4.78 is 6.48. The van der Waals surface area contributed by atoms with Gasteiger partial charge < -0.3 is 15.8 Å². The van der Waals surface area contributed by atoms with Crippen LogP contribution in [0.2, 0.25) is 0 Å². The molecule has 1 rings (SSSR count). The van der Waals surface area contributed by atoms with Gasteiger partial charge in [0.2, 0.25) is 0 Å². The molecule has 0 saturated carbocycles. The van der Waals surface area contributed by atoms with Gasteiger partial charge in [-0.2, -0.15) is 0 Å². The van der Waals surface area contributed by atoms with Gasteiger partial charge >= 0.3 is 0 Å². The maximum atomic E-state index is 11.5. The molecule has 1 amide bonds. The van der Waals surface area contributed by atoms with Crippen molar-refractivity contribution < 1.29 is 9.53 Å². The molecule has 0 saturated heterocycles. The van der Waals surface area contributed by atoms with Gasteiger partial charge in [-0.15, -0.1) is 0 Å². The highest BCUT2D eigenvalue weighted by molar-refractivity contribution is 9.10. The summed E-state index contributed by atoms with van der Waals surface area (Å²) in [6, 6.07) is 5.85. The lowest BCUT2D eigenvalue weighted by Gasteiger charge is -2.12. The lowest BCUT2D eigenvalue weighted by molar-refractivity contribution is -0.123. The zero-order valence-corrected chi connectivity index (χ0v) is 13.2. The molecule has 1 aromatic rings. The van der Waals surface area contributed by atoms with E-state index in [1.165, 1.54) is 0 Å². The summed E-state index contributed by atoms with van der Waals surface area (Å²) in [4.78, 5) is 11.5. The molecular weight excluding hydrogens is 308 g/mol. The van der Waals surface area contributed by atoms with Crippen LogP contribution in [0.3, 0.4) is 0 Å². The van der Waals surface area contributed by atoms with Crippen LogP contribution in [0.15, 0.2) is 22.7 Å². The second-order valence-electron chi connectivity index (χ2n) is 4.95. The Morgan fingerprint density at radius 3 is 2.68 bits per heavy atom. The predicted octanol–water partition coefficient (Wildman–Crippen LogP) is 2.24. The quantitative estimate of drug-likeness (QED) is 0.841. The van der Waals surface area contributed by atoms with E-state index in [1.54, 1.807) is 0 Å². The van der Waals surface area contributed by atoms with Crippen LogP contribution in [-0.2, 0) is 11.2 Å². The third-order valence-corrected chi connectivity index (χ3v) is 3.15. The van der Waals surface area contributed by atoms with Crippen LogP contribution in [0.25, 0.3) is 0 Å². The van der Waals surface area contributed by atoms with Crippen molar-refractivity contribution in [3.05, 3.63) is 28.2 Å². The molecule has 0 heterocycles. The lowest BCUT2D eigenvalue weighted by Crippen LogP contribution is -2.34. The van der Waals surface area contributed by atoms with Gasteiger partial charge in [0.15, 0.2) is 6.61 Å². The molecule has 19 heavy (non-hydrogen) atoms. The highest BCUT2D eigenvalue weighted by Gasteiger charge is 2.07. The fraction of sp³-hybridized carbons (Fsp3) is 0.500. The van der Waals surface area contributed by atoms with Gasteiger partial charge in [0, 0.05) is 16.6 Å². The summed E-state index contributed by atoms with van der Waals surface area (Å²) >= 11 is 3.48. The third kappa shape index (κ3) is 6.07. The van der Waals surface area contributed by atoms with Crippen LogP contribution >= 0.6 is 15.9 Å². The van der Waals surface area contributed by atoms with Gasteiger partial charge in [-0.25, -0.2) is 0 Å². The number of carbonyl (C=O) groups excluding carboxylic acids is 1. The molecule has 5 heteroatoms. The zero-order valence-electron chi connectivity index (χ0n) is 11.6. The number of hydrogen-bond acceptors (Lipinski definition) is 3. The normalized spacial score (nSPS) is 12.3. The number of rotatable bonds is 6. The van der Waals surface area contributed by atoms with Crippen LogP contribution in [0, 0.1) is 0 Å². The minimum absolute atomic E-state index is 0.0252. The number of nitrogens with one attached hydrogen (secondary N) is 1. The summed E-state index contributed by atoms with van der Waals surface area (Å²) in [7, 11) is 0. The van der Waals surface area contributed by atoms with E-state index in [1.807, 2.05) is 39.0 Å². The Kier molecular flexibility index (Phi) is 6.31.